The van der Waals surface area contributed by atoms with Crippen LogP contribution in [0.4, 0.5) is 5.69 Å². The van der Waals surface area contributed by atoms with Crippen LogP contribution in [0.3, 0.4) is 0 Å². The molecule has 1 atom stereocenters. The van der Waals surface area contributed by atoms with Crippen LogP contribution in [0.2, 0.25) is 0 Å². The highest BCUT2D eigenvalue weighted by Crippen LogP contribution is 2.19. The molecule has 1 aromatic rings. The minimum Gasteiger partial charge on any atom is -0.372 e. The Kier molecular flexibility index (Phi) is 6.36. The van der Waals surface area contributed by atoms with E-state index in [0.29, 0.717) is 0 Å². The van der Waals surface area contributed by atoms with E-state index in [-0.39, 0.29) is 11.9 Å². The van der Waals surface area contributed by atoms with Crippen LogP contribution < -0.4 is 16.0 Å². The highest BCUT2D eigenvalue weighted by Gasteiger charge is 2.15. The molecule has 0 heterocycles. The largest absolute Gasteiger partial charge is 0.372 e. The summed E-state index contributed by atoms with van der Waals surface area (Å²) in [7, 11) is 0. The first-order chi connectivity index (χ1) is 9.10. The molecule has 1 unspecified atom stereocenters. The van der Waals surface area contributed by atoms with Gasteiger partial charge in [0.05, 0.1) is 6.04 Å². The van der Waals surface area contributed by atoms with Crippen molar-refractivity contribution in [1.29, 1.82) is 0 Å². The van der Waals surface area contributed by atoms with E-state index in [4.69, 9.17) is 5.73 Å². The third-order valence-electron chi connectivity index (χ3n) is 3.32. The maximum absolute atomic E-state index is 11.3. The van der Waals surface area contributed by atoms with E-state index >= 15 is 0 Å². The molecule has 106 valence electrons. The summed E-state index contributed by atoms with van der Waals surface area (Å²) in [4.78, 5) is 13.6. The van der Waals surface area contributed by atoms with E-state index in [1.54, 1.807) is 0 Å². The number of nitrogens with zero attached hydrogens (tertiary/aromatic N) is 1. The standard InChI is InChI=1S/C15H25N3O/c1-4-17-13(15(16)19)10-11-18(5-2)14-9-7-6-8-12(14)3/h6-9,13,17H,4-5,10-11H2,1-3H3,(H2,16,19). The second kappa shape index (κ2) is 7.79. The number of hydrogen-bond acceptors (Lipinski definition) is 3. The van der Waals surface area contributed by atoms with Crippen molar-refractivity contribution < 1.29 is 4.79 Å². The summed E-state index contributed by atoms with van der Waals surface area (Å²) in [6.07, 6.45) is 0.728. The van der Waals surface area contributed by atoms with Crippen molar-refractivity contribution in [1.82, 2.24) is 5.32 Å². The van der Waals surface area contributed by atoms with Gasteiger partial charge >= 0.3 is 0 Å². The van der Waals surface area contributed by atoms with Crippen LogP contribution in [0, 0.1) is 6.92 Å². The molecule has 0 spiro atoms. The predicted octanol–water partition coefficient (Wildman–Crippen LogP) is 1.67. The van der Waals surface area contributed by atoms with Crippen molar-refractivity contribution in [3.8, 4) is 0 Å². The van der Waals surface area contributed by atoms with E-state index in [9.17, 15) is 4.79 Å². The number of nitrogens with two attached hydrogens (primary N) is 1. The number of anilines is 1. The number of amides is 1. The number of benzene rings is 1. The number of carbonyl (C=O) groups is 1. The number of para-hydroxylation sites is 1. The van der Waals surface area contributed by atoms with Gasteiger partial charge in [0.25, 0.3) is 0 Å². The molecule has 4 heteroatoms. The number of rotatable bonds is 8. The molecule has 4 nitrogen and oxygen atoms in total. The summed E-state index contributed by atoms with van der Waals surface area (Å²) in [5.41, 5.74) is 7.88. The quantitative estimate of drug-likeness (QED) is 0.750. The molecule has 0 fully saturated rings. The van der Waals surface area contributed by atoms with Gasteiger partial charge in [0.15, 0.2) is 0 Å². The lowest BCUT2D eigenvalue weighted by Crippen LogP contribution is -2.43. The Morgan fingerprint density at radius 2 is 2.05 bits per heavy atom. The van der Waals surface area contributed by atoms with Gasteiger partial charge in [-0.3, -0.25) is 4.79 Å². The summed E-state index contributed by atoms with van der Waals surface area (Å²) in [6.45, 7) is 8.70. The second-order valence-electron chi connectivity index (χ2n) is 4.67. The van der Waals surface area contributed by atoms with E-state index in [1.807, 2.05) is 19.1 Å². The highest BCUT2D eigenvalue weighted by atomic mass is 16.1. The zero-order valence-electron chi connectivity index (χ0n) is 12.1. The van der Waals surface area contributed by atoms with Gasteiger partial charge < -0.3 is 16.0 Å². The topological polar surface area (TPSA) is 58.4 Å². The summed E-state index contributed by atoms with van der Waals surface area (Å²) in [5.74, 6) is -0.275. The lowest BCUT2D eigenvalue weighted by Gasteiger charge is -2.26. The van der Waals surface area contributed by atoms with Crippen LogP contribution in [0.1, 0.15) is 25.8 Å². The van der Waals surface area contributed by atoms with Crippen LogP contribution in [-0.2, 0) is 4.79 Å². The summed E-state index contributed by atoms with van der Waals surface area (Å²) >= 11 is 0. The molecular weight excluding hydrogens is 238 g/mol. The zero-order chi connectivity index (χ0) is 14.3. The minimum absolute atomic E-state index is 0.247. The van der Waals surface area contributed by atoms with Crippen molar-refractivity contribution in [2.45, 2.75) is 33.2 Å². The van der Waals surface area contributed by atoms with Crippen molar-refractivity contribution in [2.75, 3.05) is 24.5 Å². The normalized spacial score (nSPS) is 12.2. The van der Waals surface area contributed by atoms with Crippen LogP contribution in [0.5, 0.6) is 0 Å². The number of aryl methyl sites for hydroxylation is 1. The molecule has 0 saturated carbocycles. The molecule has 0 aliphatic heterocycles. The Labute approximate surface area is 116 Å². The SMILES string of the molecule is CCNC(CCN(CC)c1ccccc1C)C(N)=O. The molecule has 1 rings (SSSR count). The fraction of sp³-hybridized carbons (Fsp3) is 0.533. The first-order valence-electron chi connectivity index (χ1n) is 6.93. The van der Waals surface area contributed by atoms with Gasteiger partial charge in [-0.15, -0.1) is 0 Å². The second-order valence-corrected chi connectivity index (χ2v) is 4.67. The lowest BCUT2D eigenvalue weighted by molar-refractivity contribution is -0.120. The van der Waals surface area contributed by atoms with Crippen molar-refractivity contribution in [2.24, 2.45) is 5.73 Å². The fourth-order valence-corrected chi connectivity index (χ4v) is 2.24. The zero-order valence-corrected chi connectivity index (χ0v) is 12.1. The Balaban J connectivity index is 2.67. The number of primary amides is 1. The van der Waals surface area contributed by atoms with E-state index in [0.717, 1.165) is 26.1 Å². The van der Waals surface area contributed by atoms with Crippen molar-refractivity contribution >= 4 is 11.6 Å². The van der Waals surface area contributed by atoms with Gasteiger partial charge in [-0.25, -0.2) is 0 Å². The molecule has 1 amide bonds. The van der Waals surface area contributed by atoms with E-state index < -0.39 is 0 Å². The molecule has 19 heavy (non-hydrogen) atoms. The Morgan fingerprint density at radius 3 is 2.58 bits per heavy atom. The van der Waals surface area contributed by atoms with Gasteiger partial charge in [-0.05, 0) is 38.4 Å². The number of hydrogen-bond donors (Lipinski definition) is 2. The van der Waals surface area contributed by atoms with Crippen LogP contribution >= 0.6 is 0 Å². The number of likely N-dealkylation sites (N-methyl/N-ethyl adjacent to an activating group) is 1. The summed E-state index contributed by atoms with van der Waals surface area (Å²) in [5, 5.41) is 3.13. The molecular formula is C15H25N3O. The Bertz CT molecular complexity index is 406. The Hall–Kier alpha value is -1.55. The molecule has 0 aliphatic carbocycles. The predicted molar refractivity (Wildman–Crippen MR) is 80.3 cm³/mol. The van der Waals surface area contributed by atoms with E-state index in [2.05, 4.69) is 36.2 Å². The molecule has 1 aromatic carbocycles. The van der Waals surface area contributed by atoms with Gasteiger partial charge in [0.1, 0.15) is 0 Å². The van der Waals surface area contributed by atoms with Crippen molar-refractivity contribution in [3.63, 3.8) is 0 Å². The minimum atomic E-state index is -0.275. The van der Waals surface area contributed by atoms with Crippen molar-refractivity contribution in [3.05, 3.63) is 29.8 Å². The summed E-state index contributed by atoms with van der Waals surface area (Å²) in [6, 6.07) is 8.06. The van der Waals surface area contributed by atoms with Gasteiger partial charge in [-0.1, -0.05) is 25.1 Å². The monoisotopic (exact) mass is 263 g/mol. The third kappa shape index (κ3) is 4.56. The number of carbonyl (C=O) groups excluding carboxylic acids is 1. The lowest BCUT2D eigenvalue weighted by atomic mass is 10.1. The third-order valence-corrected chi connectivity index (χ3v) is 3.32. The molecule has 0 aliphatic rings. The average Bonchev–Trinajstić information content (AvgIpc) is 2.39. The van der Waals surface area contributed by atoms with E-state index in [1.165, 1.54) is 11.3 Å². The number of nitrogens with one attached hydrogen (secondary N) is 1. The highest BCUT2D eigenvalue weighted by molar-refractivity contribution is 5.79. The smallest absolute Gasteiger partial charge is 0.234 e. The molecule has 0 aromatic heterocycles. The summed E-state index contributed by atoms with van der Waals surface area (Å²) < 4.78 is 0. The van der Waals surface area contributed by atoms with Gasteiger partial charge in [0.2, 0.25) is 5.91 Å². The van der Waals surface area contributed by atoms with Gasteiger partial charge in [-0.2, -0.15) is 0 Å². The molecule has 0 radical (unpaired) electrons. The molecule has 3 N–H and O–H groups in total. The maximum Gasteiger partial charge on any atom is 0.234 e. The molecule has 0 saturated heterocycles. The first kappa shape index (κ1) is 15.5. The average molecular weight is 263 g/mol. The first-order valence-corrected chi connectivity index (χ1v) is 6.93. The fourth-order valence-electron chi connectivity index (χ4n) is 2.24. The molecule has 0 bridgehead atoms. The Morgan fingerprint density at radius 1 is 1.37 bits per heavy atom. The maximum atomic E-state index is 11.3. The van der Waals surface area contributed by atoms with Crippen LogP contribution in [0.25, 0.3) is 0 Å². The van der Waals surface area contributed by atoms with Crippen LogP contribution in [0.15, 0.2) is 24.3 Å². The van der Waals surface area contributed by atoms with Gasteiger partial charge in [0, 0.05) is 18.8 Å². The van der Waals surface area contributed by atoms with Crippen LogP contribution in [-0.4, -0.2) is 31.6 Å².